The van der Waals surface area contributed by atoms with E-state index in [0.717, 1.165) is 10.9 Å². The van der Waals surface area contributed by atoms with Crippen LogP contribution in [0.4, 0.5) is 0 Å². The fourth-order valence-corrected chi connectivity index (χ4v) is 1.66. The fraction of sp³-hybridized carbons (Fsp3) is 0.222. The van der Waals surface area contributed by atoms with E-state index in [9.17, 15) is 0 Å². The molecule has 0 unspecified atom stereocenters. The summed E-state index contributed by atoms with van der Waals surface area (Å²) in [5, 5.41) is 0. The minimum absolute atomic E-state index is 0.994. The van der Waals surface area contributed by atoms with Crippen molar-refractivity contribution in [2.45, 2.75) is 13.3 Å². The van der Waals surface area contributed by atoms with Crippen molar-refractivity contribution in [2.75, 3.05) is 0 Å². The lowest BCUT2D eigenvalue weighted by Crippen LogP contribution is -1.87. The number of halogens is 1. The molecule has 0 spiro atoms. The Hall–Kier alpha value is -0.630. The van der Waals surface area contributed by atoms with Gasteiger partial charge in [-0.05, 0) is 34.5 Å². The Morgan fingerprint density at radius 3 is 3.18 bits per heavy atom. The van der Waals surface area contributed by atoms with E-state index in [1.165, 1.54) is 16.8 Å². The van der Waals surface area contributed by atoms with Crippen molar-refractivity contribution in [1.29, 1.82) is 0 Å². The Morgan fingerprint density at radius 1 is 1.55 bits per heavy atom. The third kappa shape index (κ3) is 1.11. The van der Waals surface area contributed by atoms with E-state index in [2.05, 4.69) is 40.0 Å². The molecule has 0 bridgehead atoms. The standard InChI is InChI=1S/C9H8BrN/c1-6-2-3-9-8(6)4-7(10)5-11-9/h2,4-5H,3H2,1H3. The molecule has 2 heteroatoms. The summed E-state index contributed by atoms with van der Waals surface area (Å²) in [6, 6.07) is 2.13. The Labute approximate surface area is 74.3 Å². The second-order valence-electron chi connectivity index (χ2n) is 2.74. The van der Waals surface area contributed by atoms with Crippen LogP contribution in [0.5, 0.6) is 0 Å². The second-order valence-corrected chi connectivity index (χ2v) is 3.65. The number of rotatable bonds is 0. The van der Waals surface area contributed by atoms with Gasteiger partial charge in [0.25, 0.3) is 0 Å². The van der Waals surface area contributed by atoms with E-state index in [-0.39, 0.29) is 0 Å². The fourth-order valence-electron chi connectivity index (χ4n) is 1.33. The zero-order valence-corrected chi connectivity index (χ0v) is 7.85. The van der Waals surface area contributed by atoms with Crippen molar-refractivity contribution in [3.8, 4) is 0 Å². The molecule has 0 atom stereocenters. The van der Waals surface area contributed by atoms with Crippen molar-refractivity contribution in [3.63, 3.8) is 0 Å². The van der Waals surface area contributed by atoms with Crippen molar-refractivity contribution in [2.24, 2.45) is 0 Å². The number of allylic oxidation sites excluding steroid dienone is 2. The molecule has 11 heavy (non-hydrogen) atoms. The molecule has 1 nitrogen and oxygen atoms in total. The molecule has 0 aromatic carbocycles. The predicted octanol–water partition coefficient (Wildman–Crippen LogP) is 2.80. The summed E-state index contributed by atoms with van der Waals surface area (Å²) in [6.07, 6.45) is 5.06. The molecule has 0 radical (unpaired) electrons. The molecule has 1 aliphatic rings. The molecule has 0 N–H and O–H groups in total. The van der Waals surface area contributed by atoms with Crippen molar-refractivity contribution < 1.29 is 0 Å². The third-order valence-corrected chi connectivity index (χ3v) is 2.40. The van der Waals surface area contributed by atoms with Crippen molar-refractivity contribution in [3.05, 3.63) is 34.1 Å². The molecule has 1 aliphatic carbocycles. The average Bonchev–Trinajstić information content (AvgIpc) is 2.33. The maximum Gasteiger partial charge on any atom is 0.0517 e. The maximum atomic E-state index is 4.31. The predicted molar refractivity (Wildman–Crippen MR) is 49.3 cm³/mol. The quantitative estimate of drug-likeness (QED) is 0.641. The summed E-state index contributed by atoms with van der Waals surface area (Å²) >= 11 is 3.40. The van der Waals surface area contributed by atoms with Gasteiger partial charge in [-0.1, -0.05) is 6.08 Å². The summed E-state index contributed by atoms with van der Waals surface area (Å²) in [5.74, 6) is 0. The molecule has 1 aromatic heterocycles. The van der Waals surface area contributed by atoms with Gasteiger partial charge in [-0.3, -0.25) is 4.98 Å². The van der Waals surface area contributed by atoms with Gasteiger partial charge < -0.3 is 0 Å². The van der Waals surface area contributed by atoms with Crippen molar-refractivity contribution >= 4 is 21.5 Å². The molecule has 0 amide bonds. The Kier molecular flexibility index (Phi) is 1.57. The third-order valence-electron chi connectivity index (χ3n) is 1.96. The van der Waals surface area contributed by atoms with Crippen LogP contribution in [0.15, 0.2) is 22.8 Å². The van der Waals surface area contributed by atoms with Gasteiger partial charge in [0.05, 0.1) is 5.69 Å². The maximum absolute atomic E-state index is 4.31. The van der Waals surface area contributed by atoms with Gasteiger partial charge in [-0.2, -0.15) is 0 Å². The van der Waals surface area contributed by atoms with Gasteiger partial charge in [0.1, 0.15) is 0 Å². The van der Waals surface area contributed by atoms with Crippen LogP contribution in [0.2, 0.25) is 0 Å². The summed E-state index contributed by atoms with van der Waals surface area (Å²) in [5.41, 5.74) is 3.83. The molecule has 0 saturated carbocycles. The summed E-state index contributed by atoms with van der Waals surface area (Å²) in [6.45, 7) is 2.12. The number of pyridine rings is 1. The minimum Gasteiger partial charge on any atom is -0.259 e. The van der Waals surface area contributed by atoms with Gasteiger partial charge >= 0.3 is 0 Å². The van der Waals surface area contributed by atoms with Crippen LogP contribution in [-0.4, -0.2) is 4.98 Å². The van der Waals surface area contributed by atoms with Crippen LogP contribution in [0.3, 0.4) is 0 Å². The minimum atomic E-state index is 0.994. The van der Waals surface area contributed by atoms with Gasteiger partial charge in [0.15, 0.2) is 0 Å². The van der Waals surface area contributed by atoms with E-state index < -0.39 is 0 Å². The molecule has 0 aliphatic heterocycles. The first-order chi connectivity index (χ1) is 5.27. The zero-order chi connectivity index (χ0) is 7.84. The highest BCUT2D eigenvalue weighted by Crippen LogP contribution is 2.27. The lowest BCUT2D eigenvalue weighted by atomic mass is 10.1. The molecule has 56 valence electrons. The number of aromatic nitrogens is 1. The highest BCUT2D eigenvalue weighted by molar-refractivity contribution is 9.10. The molecule has 1 aromatic rings. The van der Waals surface area contributed by atoms with E-state index >= 15 is 0 Å². The number of hydrogen-bond acceptors (Lipinski definition) is 1. The monoisotopic (exact) mass is 209 g/mol. The van der Waals surface area contributed by atoms with Gasteiger partial charge in [-0.15, -0.1) is 0 Å². The second kappa shape index (κ2) is 2.45. The van der Waals surface area contributed by atoms with Crippen LogP contribution in [0.25, 0.3) is 5.57 Å². The number of fused-ring (bicyclic) bond motifs is 1. The first kappa shape index (κ1) is 7.04. The zero-order valence-electron chi connectivity index (χ0n) is 6.26. The molecular formula is C9H8BrN. The number of hydrogen-bond donors (Lipinski definition) is 0. The Bertz CT molecular complexity index is 328. The van der Waals surface area contributed by atoms with E-state index in [1.807, 2.05) is 6.20 Å². The Morgan fingerprint density at radius 2 is 2.36 bits per heavy atom. The molecule has 0 saturated heterocycles. The summed E-state index contributed by atoms with van der Waals surface area (Å²) in [4.78, 5) is 4.31. The molecule has 0 fully saturated rings. The van der Waals surface area contributed by atoms with E-state index in [1.54, 1.807) is 0 Å². The van der Waals surface area contributed by atoms with Crippen LogP contribution in [0.1, 0.15) is 18.2 Å². The first-order valence-electron chi connectivity index (χ1n) is 3.59. The van der Waals surface area contributed by atoms with Crippen LogP contribution in [0, 0.1) is 0 Å². The summed E-state index contributed by atoms with van der Waals surface area (Å²) < 4.78 is 1.06. The van der Waals surface area contributed by atoms with Crippen molar-refractivity contribution in [1.82, 2.24) is 4.98 Å². The summed E-state index contributed by atoms with van der Waals surface area (Å²) in [7, 11) is 0. The number of nitrogens with zero attached hydrogens (tertiary/aromatic N) is 1. The Balaban J connectivity index is 2.60. The molecular weight excluding hydrogens is 202 g/mol. The van der Waals surface area contributed by atoms with E-state index in [0.29, 0.717) is 0 Å². The van der Waals surface area contributed by atoms with Gasteiger partial charge in [0, 0.05) is 22.7 Å². The van der Waals surface area contributed by atoms with Gasteiger partial charge in [0.2, 0.25) is 0 Å². The normalized spacial score (nSPS) is 14.5. The first-order valence-corrected chi connectivity index (χ1v) is 4.38. The highest BCUT2D eigenvalue weighted by Gasteiger charge is 2.10. The van der Waals surface area contributed by atoms with E-state index in [4.69, 9.17) is 0 Å². The topological polar surface area (TPSA) is 12.9 Å². The lowest BCUT2D eigenvalue weighted by Gasteiger charge is -1.99. The van der Waals surface area contributed by atoms with Crippen LogP contribution < -0.4 is 0 Å². The smallest absolute Gasteiger partial charge is 0.0517 e. The van der Waals surface area contributed by atoms with Crippen LogP contribution in [-0.2, 0) is 6.42 Å². The largest absolute Gasteiger partial charge is 0.259 e. The SMILES string of the molecule is CC1=CCc2ncc(Br)cc21. The van der Waals surface area contributed by atoms with Crippen LogP contribution >= 0.6 is 15.9 Å². The average molecular weight is 210 g/mol. The molecule has 1 heterocycles. The van der Waals surface area contributed by atoms with Gasteiger partial charge in [-0.25, -0.2) is 0 Å². The molecule has 2 rings (SSSR count). The highest BCUT2D eigenvalue weighted by atomic mass is 79.9. The lowest BCUT2D eigenvalue weighted by molar-refractivity contribution is 1.12.